The molecule has 9 nitrogen and oxygen atoms in total. The molecule has 9 heteroatoms. The third-order valence-electron chi connectivity index (χ3n) is 5.98. The van der Waals surface area contributed by atoms with Crippen molar-refractivity contribution in [2.45, 2.75) is 44.1 Å². The van der Waals surface area contributed by atoms with Gasteiger partial charge in [-0.05, 0) is 19.3 Å². The first-order chi connectivity index (χ1) is 13.6. The fourth-order valence-electron chi connectivity index (χ4n) is 4.38. The number of nitrogens with zero attached hydrogens (tertiary/aromatic N) is 5. The van der Waals surface area contributed by atoms with Crippen LogP contribution in [0.1, 0.15) is 38.5 Å². The molecule has 4 rings (SSSR count). The smallest absolute Gasteiger partial charge is 0.325 e. The molecule has 2 aliphatic heterocycles. The van der Waals surface area contributed by atoms with Crippen molar-refractivity contribution in [1.29, 1.82) is 0 Å². The van der Waals surface area contributed by atoms with Crippen molar-refractivity contribution in [3.63, 3.8) is 0 Å². The number of carbonyl (C=O) groups excluding carboxylic acids is 3. The summed E-state index contributed by atoms with van der Waals surface area (Å²) in [5.74, 6) is 0.787. The number of nitrogens with one attached hydrogen (secondary N) is 1. The Morgan fingerprint density at radius 1 is 1.11 bits per heavy atom. The monoisotopic (exact) mass is 386 g/mol. The molecule has 0 radical (unpaired) electrons. The van der Waals surface area contributed by atoms with E-state index in [0.29, 0.717) is 32.5 Å². The van der Waals surface area contributed by atoms with Gasteiger partial charge in [0, 0.05) is 51.5 Å². The highest BCUT2D eigenvalue weighted by molar-refractivity contribution is 6.07. The lowest BCUT2D eigenvalue weighted by Crippen LogP contribution is -2.49. The molecular formula is C19H26N6O3. The van der Waals surface area contributed by atoms with E-state index in [9.17, 15) is 14.4 Å². The van der Waals surface area contributed by atoms with Crippen molar-refractivity contribution < 1.29 is 14.4 Å². The number of hydrogen-bond acceptors (Lipinski definition) is 6. The van der Waals surface area contributed by atoms with E-state index in [1.54, 1.807) is 18.6 Å². The number of piperazine rings is 1. The number of hydrogen-bond donors (Lipinski definition) is 1. The van der Waals surface area contributed by atoms with Crippen LogP contribution in [0.15, 0.2) is 18.6 Å². The summed E-state index contributed by atoms with van der Waals surface area (Å²) in [6, 6.07) is -0.308. The standard InChI is InChI=1S/C19H26N6O3/c26-16(24-12-10-23(11-13-24)15-14-20-7-8-21-15)4-3-9-25-17(27)19(22-18(25)28)5-1-2-6-19/h7-8,14H,1-6,9-13H2,(H,22,28). The van der Waals surface area contributed by atoms with Crippen molar-refractivity contribution in [3.05, 3.63) is 18.6 Å². The summed E-state index contributed by atoms with van der Waals surface area (Å²) < 4.78 is 0. The zero-order chi connectivity index (χ0) is 19.6. The Bertz CT molecular complexity index is 741. The zero-order valence-electron chi connectivity index (χ0n) is 16.0. The highest BCUT2D eigenvalue weighted by Gasteiger charge is 2.52. The van der Waals surface area contributed by atoms with Crippen LogP contribution in [0.4, 0.5) is 10.6 Å². The highest BCUT2D eigenvalue weighted by atomic mass is 16.2. The van der Waals surface area contributed by atoms with E-state index in [0.717, 1.165) is 44.6 Å². The number of anilines is 1. The van der Waals surface area contributed by atoms with Crippen molar-refractivity contribution in [2.75, 3.05) is 37.6 Å². The summed E-state index contributed by atoms with van der Waals surface area (Å²) in [6.45, 7) is 3.03. The molecule has 3 heterocycles. The molecule has 2 saturated heterocycles. The van der Waals surface area contributed by atoms with E-state index in [4.69, 9.17) is 0 Å². The lowest BCUT2D eigenvalue weighted by atomic mass is 9.98. The van der Waals surface area contributed by atoms with Gasteiger partial charge < -0.3 is 15.1 Å². The SMILES string of the molecule is O=C(CCCN1C(=O)NC2(CCCC2)C1=O)N1CCN(c2cnccn2)CC1. The van der Waals surface area contributed by atoms with Gasteiger partial charge in [-0.2, -0.15) is 0 Å². The maximum Gasteiger partial charge on any atom is 0.325 e. The van der Waals surface area contributed by atoms with Crippen LogP contribution in [-0.2, 0) is 9.59 Å². The van der Waals surface area contributed by atoms with Crippen molar-refractivity contribution in [2.24, 2.45) is 0 Å². The Kier molecular flexibility index (Phi) is 5.15. The van der Waals surface area contributed by atoms with Gasteiger partial charge in [-0.1, -0.05) is 12.8 Å². The molecule has 4 amide bonds. The molecule has 1 aliphatic carbocycles. The van der Waals surface area contributed by atoms with Crippen LogP contribution < -0.4 is 10.2 Å². The molecule has 28 heavy (non-hydrogen) atoms. The summed E-state index contributed by atoms with van der Waals surface area (Å²) in [5, 5.41) is 2.88. The average Bonchev–Trinajstić information content (AvgIpc) is 3.29. The number of amides is 4. The highest BCUT2D eigenvalue weighted by Crippen LogP contribution is 2.35. The predicted molar refractivity (Wildman–Crippen MR) is 102 cm³/mol. The van der Waals surface area contributed by atoms with Gasteiger partial charge in [0.15, 0.2) is 0 Å². The number of rotatable bonds is 5. The van der Waals surface area contributed by atoms with Crippen molar-refractivity contribution in [1.82, 2.24) is 25.1 Å². The van der Waals surface area contributed by atoms with E-state index in [1.807, 2.05) is 4.90 Å². The molecule has 0 aromatic carbocycles. The second kappa shape index (κ2) is 7.73. The third kappa shape index (κ3) is 3.53. The van der Waals surface area contributed by atoms with Crippen LogP contribution in [-0.4, -0.2) is 75.9 Å². The first-order valence-corrected chi connectivity index (χ1v) is 10.0. The van der Waals surface area contributed by atoms with Gasteiger partial charge in [0.2, 0.25) is 5.91 Å². The number of imide groups is 1. The maximum atomic E-state index is 12.6. The van der Waals surface area contributed by atoms with Crippen LogP contribution in [0.3, 0.4) is 0 Å². The Morgan fingerprint density at radius 2 is 1.86 bits per heavy atom. The van der Waals surface area contributed by atoms with Crippen molar-refractivity contribution in [3.8, 4) is 0 Å². The molecule has 1 N–H and O–H groups in total. The van der Waals surface area contributed by atoms with Gasteiger partial charge in [0.25, 0.3) is 5.91 Å². The number of carbonyl (C=O) groups is 3. The summed E-state index contributed by atoms with van der Waals surface area (Å²) >= 11 is 0. The lowest BCUT2D eigenvalue weighted by molar-refractivity contribution is -0.133. The number of urea groups is 1. The minimum Gasteiger partial charge on any atom is -0.352 e. The van der Waals surface area contributed by atoms with E-state index < -0.39 is 5.54 Å². The summed E-state index contributed by atoms with van der Waals surface area (Å²) in [7, 11) is 0. The fourth-order valence-corrected chi connectivity index (χ4v) is 4.38. The molecule has 0 atom stereocenters. The summed E-state index contributed by atoms with van der Waals surface area (Å²) in [4.78, 5) is 50.9. The molecule has 0 unspecified atom stereocenters. The molecule has 3 aliphatic rings. The molecule has 1 aromatic rings. The normalized spacial score (nSPS) is 21.5. The van der Waals surface area contributed by atoms with Crippen LogP contribution in [0.25, 0.3) is 0 Å². The van der Waals surface area contributed by atoms with E-state index in [2.05, 4.69) is 20.2 Å². The fraction of sp³-hybridized carbons (Fsp3) is 0.632. The number of aromatic nitrogens is 2. The van der Waals surface area contributed by atoms with Crippen LogP contribution >= 0.6 is 0 Å². The van der Waals surface area contributed by atoms with Gasteiger partial charge >= 0.3 is 6.03 Å². The van der Waals surface area contributed by atoms with E-state index >= 15 is 0 Å². The quantitative estimate of drug-likeness (QED) is 0.751. The molecule has 1 saturated carbocycles. The Balaban J connectivity index is 1.22. The maximum absolute atomic E-state index is 12.6. The predicted octanol–water partition coefficient (Wildman–Crippen LogP) is 0.770. The lowest BCUT2D eigenvalue weighted by Gasteiger charge is -2.35. The summed E-state index contributed by atoms with van der Waals surface area (Å²) in [6.07, 6.45) is 9.27. The molecule has 3 fully saturated rings. The van der Waals surface area contributed by atoms with E-state index in [-0.39, 0.29) is 17.8 Å². The average molecular weight is 386 g/mol. The summed E-state index contributed by atoms with van der Waals surface area (Å²) in [5.41, 5.74) is -0.669. The first-order valence-electron chi connectivity index (χ1n) is 10.0. The van der Waals surface area contributed by atoms with Crippen LogP contribution in [0.5, 0.6) is 0 Å². The zero-order valence-corrected chi connectivity index (χ0v) is 16.0. The Labute approximate surface area is 164 Å². The Hall–Kier alpha value is -2.71. The van der Waals surface area contributed by atoms with Gasteiger partial charge in [-0.3, -0.25) is 19.5 Å². The van der Waals surface area contributed by atoms with E-state index in [1.165, 1.54) is 4.90 Å². The first kappa shape index (κ1) is 18.6. The molecule has 150 valence electrons. The minimum absolute atomic E-state index is 0.0708. The minimum atomic E-state index is -0.669. The van der Waals surface area contributed by atoms with Gasteiger partial charge in [-0.25, -0.2) is 9.78 Å². The molecular weight excluding hydrogens is 360 g/mol. The van der Waals surface area contributed by atoms with Crippen LogP contribution in [0, 0.1) is 0 Å². The van der Waals surface area contributed by atoms with Crippen molar-refractivity contribution >= 4 is 23.7 Å². The van der Waals surface area contributed by atoms with Crippen LogP contribution in [0.2, 0.25) is 0 Å². The molecule has 0 bridgehead atoms. The molecule has 1 aromatic heterocycles. The second-order valence-electron chi connectivity index (χ2n) is 7.71. The third-order valence-corrected chi connectivity index (χ3v) is 5.98. The molecule has 1 spiro atoms. The Morgan fingerprint density at radius 3 is 2.54 bits per heavy atom. The topological polar surface area (TPSA) is 98.7 Å². The van der Waals surface area contributed by atoms with Gasteiger partial charge in [0.1, 0.15) is 11.4 Å². The largest absolute Gasteiger partial charge is 0.352 e. The van der Waals surface area contributed by atoms with Gasteiger partial charge in [0.05, 0.1) is 6.20 Å². The van der Waals surface area contributed by atoms with Gasteiger partial charge in [-0.15, -0.1) is 0 Å². The second-order valence-corrected chi connectivity index (χ2v) is 7.71.